The molecule has 2 heterocycles. The van der Waals surface area contributed by atoms with Crippen LogP contribution in [0.25, 0.3) is 0 Å². The number of amides is 2. The minimum Gasteiger partial charge on any atom is -0.340 e. The first-order valence-corrected chi connectivity index (χ1v) is 13.1. The molecule has 0 bridgehead atoms. The highest BCUT2D eigenvalue weighted by molar-refractivity contribution is 7.80. The zero-order valence-electron chi connectivity index (χ0n) is 21.2. The lowest BCUT2D eigenvalue weighted by Crippen LogP contribution is -2.49. The Hall–Kier alpha value is -2.71. The number of rotatable bonds is 8. The summed E-state index contributed by atoms with van der Waals surface area (Å²) in [5.74, 6) is 0.177. The van der Waals surface area contributed by atoms with Crippen molar-refractivity contribution in [1.29, 1.82) is 5.26 Å². The van der Waals surface area contributed by atoms with Gasteiger partial charge in [0.1, 0.15) is 5.54 Å². The molecule has 2 saturated heterocycles. The number of nitrogens with zero attached hydrogens (tertiary/aromatic N) is 5. The summed E-state index contributed by atoms with van der Waals surface area (Å²) in [6, 6.07) is 4.78. The van der Waals surface area contributed by atoms with Crippen molar-refractivity contribution < 1.29 is 22.8 Å². The van der Waals surface area contributed by atoms with Gasteiger partial charge in [-0.25, -0.2) is 0 Å². The van der Waals surface area contributed by atoms with E-state index in [0.717, 1.165) is 81.9 Å². The first kappa shape index (κ1) is 27.3. The van der Waals surface area contributed by atoms with E-state index in [1.165, 1.54) is 6.07 Å². The van der Waals surface area contributed by atoms with Gasteiger partial charge in [0, 0.05) is 38.6 Å². The summed E-state index contributed by atoms with van der Waals surface area (Å²) in [4.78, 5) is 32.7. The molecular weight excluding hydrogens is 503 g/mol. The van der Waals surface area contributed by atoms with Crippen molar-refractivity contribution in [3.63, 3.8) is 0 Å². The molecule has 7 nitrogen and oxygen atoms in total. The normalized spacial score (nSPS) is 20.5. The van der Waals surface area contributed by atoms with Crippen LogP contribution in [-0.4, -0.2) is 76.4 Å². The van der Waals surface area contributed by atoms with Crippen molar-refractivity contribution in [1.82, 2.24) is 14.7 Å². The van der Waals surface area contributed by atoms with E-state index in [4.69, 9.17) is 17.5 Å². The van der Waals surface area contributed by atoms with Gasteiger partial charge in [-0.3, -0.25) is 19.4 Å². The number of hydrogen-bond donors (Lipinski definition) is 0. The summed E-state index contributed by atoms with van der Waals surface area (Å²) in [5.41, 5.74) is -2.57. The molecule has 3 aliphatic rings. The molecule has 0 N–H and O–H groups in total. The molecule has 3 fully saturated rings. The third-order valence-electron chi connectivity index (χ3n) is 7.48. The maximum absolute atomic E-state index is 13.5. The number of unbranched alkanes of at least 4 members (excludes halogenated alkanes) is 2. The SMILES string of the molecule is CC1(C)C(=O)N(c2ccc(C#N)c(C(F)(F)F)c2)C(=S)N1CCCCCN1CCN(C(=O)C2CC2)CC1. The van der Waals surface area contributed by atoms with Crippen LogP contribution in [0.4, 0.5) is 18.9 Å². The quantitative estimate of drug-likeness (QED) is 0.370. The number of halogens is 3. The minimum absolute atomic E-state index is 0.0104. The third kappa shape index (κ3) is 5.75. The topological polar surface area (TPSA) is 70.9 Å². The number of alkyl halides is 3. The molecule has 0 unspecified atom stereocenters. The maximum Gasteiger partial charge on any atom is 0.417 e. The Morgan fingerprint density at radius 1 is 1.11 bits per heavy atom. The fraction of sp³-hybridized carbons (Fsp3) is 0.615. The van der Waals surface area contributed by atoms with Crippen LogP contribution >= 0.6 is 12.2 Å². The average molecular weight is 536 g/mol. The zero-order valence-corrected chi connectivity index (χ0v) is 22.0. The van der Waals surface area contributed by atoms with Crippen LogP contribution in [0.1, 0.15) is 57.1 Å². The number of hydrogen-bond acceptors (Lipinski definition) is 5. The van der Waals surface area contributed by atoms with Crippen LogP contribution < -0.4 is 4.90 Å². The molecule has 2 aliphatic heterocycles. The van der Waals surface area contributed by atoms with Gasteiger partial charge >= 0.3 is 6.18 Å². The number of carbonyl (C=O) groups excluding carboxylic acids is 2. The fourth-order valence-corrected chi connectivity index (χ4v) is 5.51. The van der Waals surface area contributed by atoms with Gasteiger partial charge in [0.15, 0.2) is 5.11 Å². The van der Waals surface area contributed by atoms with Gasteiger partial charge in [-0.2, -0.15) is 18.4 Å². The summed E-state index contributed by atoms with van der Waals surface area (Å²) in [5, 5.41) is 9.23. The van der Waals surface area contributed by atoms with Gasteiger partial charge in [0.2, 0.25) is 5.91 Å². The van der Waals surface area contributed by atoms with E-state index < -0.39 is 28.7 Å². The first-order chi connectivity index (χ1) is 17.4. The van der Waals surface area contributed by atoms with Crippen molar-refractivity contribution in [3.8, 4) is 6.07 Å². The van der Waals surface area contributed by atoms with Crippen LogP contribution in [0.5, 0.6) is 0 Å². The predicted octanol–water partition coefficient (Wildman–Crippen LogP) is 4.01. The fourth-order valence-electron chi connectivity index (χ4n) is 5.00. The second-order valence-corrected chi connectivity index (χ2v) is 10.8. The Kier molecular flexibility index (Phi) is 7.81. The number of benzene rings is 1. The lowest BCUT2D eigenvalue weighted by molar-refractivity contribution is -0.138. The lowest BCUT2D eigenvalue weighted by atomic mass is 10.0. The summed E-state index contributed by atoms with van der Waals surface area (Å²) < 4.78 is 40.4. The molecule has 1 saturated carbocycles. The highest BCUT2D eigenvalue weighted by Crippen LogP contribution is 2.38. The molecule has 11 heteroatoms. The standard InChI is InChI=1S/C26H32F3N5O2S/c1-25(2)23(36)34(20-9-8-19(17-30)21(16-20)26(27,28)29)24(37)33(25)11-5-3-4-10-31-12-14-32(15-13-31)22(35)18-6-7-18/h8-9,16,18H,3-7,10-15H2,1-2H3. The predicted molar refractivity (Wildman–Crippen MR) is 137 cm³/mol. The molecule has 1 aliphatic carbocycles. The van der Waals surface area contributed by atoms with Gasteiger partial charge in [-0.15, -0.1) is 0 Å². The Morgan fingerprint density at radius 3 is 2.35 bits per heavy atom. The average Bonchev–Trinajstić information content (AvgIpc) is 3.68. The van der Waals surface area contributed by atoms with Crippen molar-refractivity contribution in [2.45, 2.75) is 57.7 Å². The second kappa shape index (κ2) is 10.6. The molecule has 1 aromatic rings. The summed E-state index contributed by atoms with van der Waals surface area (Å²) in [7, 11) is 0. The van der Waals surface area contributed by atoms with E-state index in [2.05, 4.69) is 4.90 Å². The van der Waals surface area contributed by atoms with Crippen molar-refractivity contribution in [3.05, 3.63) is 29.3 Å². The molecule has 4 rings (SSSR count). The third-order valence-corrected chi connectivity index (χ3v) is 7.88. The van der Waals surface area contributed by atoms with E-state index in [0.29, 0.717) is 12.5 Å². The number of nitriles is 1. The Morgan fingerprint density at radius 2 is 1.76 bits per heavy atom. The molecule has 37 heavy (non-hydrogen) atoms. The van der Waals surface area contributed by atoms with Crippen molar-refractivity contribution in [2.24, 2.45) is 5.92 Å². The smallest absolute Gasteiger partial charge is 0.340 e. The summed E-state index contributed by atoms with van der Waals surface area (Å²) >= 11 is 5.55. The van der Waals surface area contributed by atoms with Crippen LogP contribution in [-0.2, 0) is 15.8 Å². The van der Waals surface area contributed by atoms with E-state index in [-0.39, 0.29) is 16.7 Å². The van der Waals surface area contributed by atoms with Crippen LogP contribution in [0, 0.1) is 17.2 Å². The van der Waals surface area contributed by atoms with Gasteiger partial charge in [-0.05, 0) is 76.5 Å². The molecule has 200 valence electrons. The largest absolute Gasteiger partial charge is 0.417 e. The molecule has 0 radical (unpaired) electrons. The molecule has 2 amide bonds. The van der Waals surface area contributed by atoms with E-state index in [1.54, 1.807) is 24.8 Å². The van der Waals surface area contributed by atoms with Crippen molar-refractivity contribution in [2.75, 3.05) is 44.2 Å². The van der Waals surface area contributed by atoms with Crippen LogP contribution in [0.15, 0.2) is 18.2 Å². The number of anilines is 1. The number of carbonyl (C=O) groups is 2. The first-order valence-electron chi connectivity index (χ1n) is 12.7. The van der Waals surface area contributed by atoms with Gasteiger partial charge in [0.05, 0.1) is 22.9 Å². The monoisotopic (exact) mass is 535 g/mol. The number of thiocarbonyl (C=S) groups is 1. The molecule has 0 atom stereocenters. The van der Waals surface area contributed by atoms with E-state index >= 15 is 0 Å². The zero-order chi connectivity index (χ0) is 27.0. The summed E-state index contributed by atoms with van der Waals surface area (Å²) in [6.07, 6.45) is 0.00896. The minimum atomic E-state index is -4.72. The highest BCUT2D eigenvalue weighted by atomic mass is 32.1. The molecular formula is C26H32F3N5O2S. The van der Waals surface area contributed by atoms with E-state index in [1.807, 2.05) is 4.90 Å². The second-order valence-electron chi connectivity index (χ2n) is 10.5. The van der Waals surface area contributed by atoms with Gasteiger partial charge in [-0.1, -0.05) is 6.42 Å². The summed E-state index contributed by atoms with van der Waals surface area (Å²) in [6.45, 7) is 8.24. The molecule has 0 spiro atoms. The Balaban J connectivity index is 1.29. The van der Waals surface area contributed by atoms with E-state index in [9.17, 15) is 22.8 Å². The Bertz CT molecular complexity index is 1100. The molecule has 0 aromatic heterocycles. The van der Waals surface area contributed by atoms with Crippen LogP contribution in [0.2, 0.25) is 0 Å². The lowest BCUT2D eigenvalue weighted by Gasteiger charge is -2.35. The highest BCUT2D eigenvalue weighted by Gasteiger charge is 2.49. The van der Waals surface area contributed by atoms with Gasteiger partial charge < -0.3 is 9.80 Å². The van der Waals surface area contributed by atoms with Crippen molar-refractivity contribution >= 4 is 34.8 Å². The maximum atomic E-state index is 13.5. The van der Waals surface area contributed by atoms with Gasteiger partial charge in [0.25, 0.3) is 5.91 Å². The number of piperazine rings is 1. The van der Waals surface area contributed by atoms with Crippen LogP contribution in [0.3, 0.4) is 0 Å². The molecule has 1 aromatic carbocycles. The Labute approximate surface area is 220 Å².